The van der Waals surface area contributed by atoms with Gasteiger partial charge in [0, 0.05) is 29.9 Å². The van der Waals surface area contributed by atoms with Crippen LogP contribution in [0.25, 0.3) is 0 Å². The Morgan fingerprint density at radius 3 is 2.68 bits per heavy atom. The van der Waals surface area contributed by atoms with Crippen molar-refractivity contribution in [2.75, 3.05) is 28.8 Å². The lowest BCUT2D eigenvalue weighted by Gasteiger charge is -2.25. The average Bonchev–Trinajstić information content (AvgIpc) is 2.89. The third-order valence-electron chi connectivity index (χ3n) is 4.40. The molecule has 3 rings (SSSR count). The number of aromatic nitrogens is 2. The highest BCUT2D eigenvalue weighted by atomic mass is 35.5. The fourth-order valence-corrected chi connectivity index (χ4v) is 4.88. The van der Waals surface area contributed by atoms with Gasteiger partial charge in [0.2, 0.25) is 0 Å². The maximum Gasteiger partial charge on any atom is 0.152 e. The van der Waals surface area contributed by atoms with Crippen LogP contribution in [0.3, 0.4) is 0 Å². The van der Waals surface area contributed by atoms with Gasteiger partial charge in [-0.3, -0.25) is 0 Å². The molecular formula is C17H21ClN4O2S. The van der Waals surface area contributed by atoms with Gasteiger partial charge in [-0.05, 0) is 38.0 Å². The molecule has 0 aliphatic carbocycles. The summed E-state index contributed by atoms with van der Waals surface area (Å²) in [5.74, 6) is 2.38. The molecular weight excluding hydrogens is 360 g/mol. The highest BCUT2D eigenvalue weighted by molar-refractivity contribution is 7.91. The number of anilines is 3. The summed E-state index contributed by atoms with van der Waals surface area (Å²) in [6, 6.07) is 7.40. The van der Waals surface area contributed by atoms with E-state index in [0.29, 0.717) is 28.9 Å². The van der Waals surface area contributed by atoms with Crippen LogP contribution in [-0.4, -0.2) is 43.0 Å². The first kappa shape index (κ1) is 17.9. The third kappa shape index (κ3) is 4.22. The number of rotatable bonds is 4. The second kappa shape index (κ2) is 6.80. The van der Waals surface area contributed by atoms with E-state index in [2.05, 4.69) is 15.3 Å². The summed E-state index contributed by atoms with van der Waals surface area (Å²) in [4.78, 5) is 10.8. The van der Waals surface area contributed by atoms with E-state index < -0.39 is 9.84 Å². The van der Waals surface area contributed by atoms with Crippen molar-refractivity contribution in [3.63, 3.8) is 0 Å². The van der Waals surface area contributed by atoms with E-state index in [0.717, 1.165) is 11.3 Å². The van der Waals surface area contributed by atoms with Gasteiger partial charge in [0.15, 0.2) is 9.84 Å². The van der Waals surface area contributed by atoms with Gasteiger partial charge in [0.05, 0.1) is 11.5 Å². The molecule has 1 aromatic carbocycles. The van der Waals surface area contributed by atoms with Gasteiger partial charge < -0.3 is 10.2 Å². The van der Waals surface area contributed by atoms with Crippen molar-refractivity contribution in [3.8, 4) is 0 Å². The molecule has 1 fully saturated rings. The molecule has 0 spiro atoms. The Morgan fingerprint density at radius 1 is 1.24 bits per heavy atom. The molecule has 6 nitrogen and oxygen atoms in total. The molecule has 2 aromatic rings. The zero-order valence-corrected chi connectivity index (χ0v) is 16.0. The molecule has 0 saturated carbocycles. The van der Waals surface area contributed by atoms with Gasteiger partial charge in [0.1, 0.15) is 17.5 Å². The van der Waals surface area contributed by atoms with E-state index in [-0.39, 0.29) is 17.5 Å². The van der Waals surface area contributed by atoms with Crippen LogP contribution in [0.2, 0.25) is 5.02 Å². The first-order valence-corrected chi connectivity index (χ1v) is 10.3. The van der Waals surface area contributed by atoms with Gasteiger partial charge in [-0.2, -0.15) is 0 Å². The Kier molecular flexibility index (Phi) is 4.88. The lowest BCUT2D eigenvalue weighted by Crippen LogP contribution is -2.33. The molecule has 0 radical (unpaired) electrons. The number of sulfone groups is 1. The van der Waals surface area contributed by atoms with Crippen molar-refractivity contribution in [1.82, 2.24) is 9.97 Å². The summed E-state index contributed by atoms with van der Waals surface area (Å²) in [7, 11) is -1.07. The first-order chi connectivity index (χ1) is 11.7. The highest BCUT2D eigenvalue weighted by Crippen LogP contribution is 2.27. The van der Waals surface area contributed by atoms with E-state index in [9.17, 15) is 8.42 Å². The SMILES string of the molecule is Cc1nc(Nc2cc(Cl)ccc2C)cc(N(C)C2CCS(=O)(=O)C2)n1. The van der Waals surface area contributed by atoms with Crippen LogP contribution in [0, 0.1) is 13.8 Å². The molecule has 0 amide bonds. The molecule has 1 N–H and O–H groups in total. The normalized spacial score (nSPS) is 19.0. The molecule has 1 aromatic heterocycles. The standard InChI is InChI=1S/C17H21ClN4O2S/c1-11-4-5-13(18)8-15(11)21-16-9-17(20-12(2)19-16)22(3)14-6-7-25(23,24)10-14/h4-5,8-9,14H,6-7,10H2,1-3H3,(H,19,20,21). The molecule has 1 aliphatic heterocycles. The molecule has 134 valence electrons. The summed E-state index contributed by atoms with van der Waals surface area (Å²) in [6.07, 6.45) is 0.623. The van der Waals surface area contributed by atoms with Crippen molar-refractivity contribution in [2.45, 2.75) is 26.3 Å². The van der Waals surface area contributed by atoms with Crippen LogP contribution in [0.1, 0.15) is 17.8 Å². The van der Waals surface area contributed by atoms with Crippen molar-refractivity contribution >= 4 is 38.8 Å². The molecule has 1 atom stereocenters. The summed E-state index contributed by atoms with van der Waals surface area (Å²) in [5, 5.41) is 3.92. The van der Waals surface area contributed by atoms with E-state index in [4.69, 9.17) is 11.6 Å². The number of hydrogen-bond acceptors (Lipinski definition) is 6. The molecule has 0 bridgehead atoms. The van der Waals surface area contributed by atoms with Crippen LogP contribution >= 0.6 is 11.6 Å². The quantitative estimate of drug-likeness (QED) is 0.878. The maximum atomic E-state index is 11.7. The molecule has 1 aliphatic rings. The predicted octanol–water partition coefficient (Wildman–Crippen LogP) is 3.11. The number of nitrogens with zero attached hydrogens (tertiary/aromatic N) is 3. The summed E-state index contributed by atoms with van der Waals surface area (Å²) < 4.78 is 23.5. The summed E-state index contributed by atoms with van der Waals surface area (Å²) in [6.45, 7) is 3.81. The van der Waals surface area contributed by atoms with Gasteiger partial charge in [-0.1, -0.05) is 17.7 Å². The van der Waals surface area contributed by atoms with E-state index >= 15 is 0 Å². The second-order valence-electron chi connectivity index (χ2n) is 6.41. The lowest BCUT2D eigenvalue weighted by molar-refractivity contribution is 0.600. The average molecular weight is 381 g/mol. The minimum absolute atomic E-state index is 0.0555. The highest BCUT2D eigenvalue weighted by Gasteiger charge is 2.31. The molecule has 25 heavy (non-hydrogen) atoms. The fraction of sp³-hybridized carbons (Fsp3) is 0.412. The Balaban J connectivity index is 1.86. The first-order valence-electron chi connectivity index (χ1n) is 8.05. The van der Waals surface area contributed by atoms with Crippen LogP contribution < -0.4 is 10.2 Å². The molecule has 2 heterocycles. The van der Waals surface area contributed by atoms with E-state index in [1.807, 2.05) is 50.1 Å². The monoisotopic (exact) mass is 380 g/mol. The fourth-order valence-electron chi connectivity index (χ4n) is 2.93. The van der Waals surface area contributed by atoms with Crippen LogP contribution in [-0.2, 0) is 9.84 Å². The van der Waals surface area contributed by atoms with Crippen molar-refractivity contribution in [3.05, 3.63) is 40.7 Å². The Bertz CT molecular complexity index is 902. The maximum absolute atomic E-state index is 11.7. The van der Waals surface area contributed by atoms with Crippen LogP contribution in [0.5, 0.6) is 0 Å². The van der Waals surface area contributed by atoms with Gasteiger partial charge in [-0.15, -0.1) is 0 Å². The minimum atomic E-state index is -2.94. The Labute approximate surface area is 153 Å². The minimum Gasteiger partial charge on any atom is -0.355 e. The van der Waals surface area contributed by atoms with Crippen molar-refractivity contribution in [1.29, 1.82) is 0 Å². The molecule has 1 unspecified atom stereocenters. The van der Waals surface area contributed by atoms with Crippen LogP contribution in [0.15, 0.2) is 24.3 Å². The zero-order chi connectivity index (χ0) is 18.2. The smallest absolute Gasteiger partial charge is 0.152 e. The van der Waals surface area contributed by atoms with Gasteiger partial charge in [0.25, 0.3) is 0 Å². The number of halogens is 1. The molecule has 1 saturated heterocycles. The van der Waals surface area contributed by atoms with Gasteiger partial charge in [-0.25, -0.2) is 18.4 Å². The van der Waals surface area contributed by atoms with Crippen LogP contribution in [0.4, 0.5) is 17.3 Å². The Morgan fingerprint density at radius 2 is 2.00 bits per heavy atom. The van der Waals surface area contributed by atoms with Crippen molar-refractivity contribution < 1.29 is 8.42 Å². The number of nitrogens with one attached hydrogen (secondary N) is 1. The second-order valence-corrected chi connectivity index (χ2v) is 9.08. The van der Waals surface area contributed by atoms with Crippen molar-refractivity contribution in [2.24, 2.45) is 0 Å². The van der Waals surface area contributed by atoms with E-state index in [1.165, 1.54) is 0 Å². The topological polar surface area (TPSA) is 75.2 Å². The summed E-state index contributed by atoms with van der Waals surface area (Å²) >= 11 is 6.07. The summed E-state index contributed by atoms with van der Waals surface area (Å²) in [5.41, 5.74) is 1.93. The largest absolute Gasteiger partial charge is 0.355 e. The van der Waals surface area contributed by atoms with E-state index in [1.54, 1.807) is 0 Å². The molecule has 8 heteroatoms. The zero-order valence-electron chi connectivity index (χ0n) is 14.5. The lowest BCUT2D eigenvalue weighted by atomic mass is 10.2. The number of benzene rings is 1. The van der Waals surface area contributed by atoms with Gasteiger partial charge >= 0.3 is 0 Å². The third-order valence-corrected chi connectivity index (χ3v) is 6.39. The Hall–Kier alpha value is -1.86. The number of aryl methyl sites for hydroxylation is 2. The predicted molar refractivity (Wildman–Crippen MR) is 102 cm³/mol. The number of hydrogen-bond donors (Lipinski definition) is 1.